The SMILES string of the molecule is Cc1ccc(C(=O)COc2ccc(Br)cc2Cl)s1. The summed E-state index contributed by atoms with van der Waals surface area (Å²) < 4.78 is 6.30. The first-order valence-corrected chi connectivity index (χ1v) is 7.22. The number of hydrogen-bond donors (Lipinski definition) is 0. The minimum atomic E-state index is -0.0351. The van der Waals surface area contributed by atoms with Crippen molar-refractivity contribution in [3.05, 3.63) is 49.6 Å². The molecule has 1 heterocycles. The van der Waals surface area contributed by atoms with Gasteiger partial charge in [0.25, 0.3) is 0 Å². The molecular weight excluding hydrogens is 336 g/mol. The Morgan fingerprint density at radius 2 is 2.17 bits per heavy atom. The number of Topliss-reactive ketones (excluding diaryl/α,β-unsaturated/α-hetero) is 1. The van der Waals surface area contributed by atoms with E-state index in [0.29, 0.717) is 15.6 Å². The molecule has 1 aromatic carbocycles. The normalized spacial score (nSPS) is 10.4. The summed E-state index contributed by atoms with van der Waals surface area (Å²) in [6, 6.07) is 9.02. The third-order valence-electron chi connectivity index (χ3n) is 2.27. The Bertz CT molecular complexity index is 580. The van der Waals surface area contributed by atoms with Gasteiger partial charge in [-0.05, 0) is 37.3 Å². The highest BCUT2D eigenvalue weighted by Gasteiger charge is 2.10. The van der Waals surface area contributed by atoms with Crippen molar-refractivity contribution in [2.45, 2.75) is 6.92 Å². The number of ether oxygens (including phenoxy) is 1. The van der Waals surface area contributed by atoms with Gasteiger partial charge in [0.15, 0.2) is 6.61 Å². The van der Waals surface area contributed by atoms with E-state index in [0.717, 1.165) is 9.35 Å². The minimum Gasteiger partial charge on any atom is -0.484 e. The van der Waals surface area contributed by atoms with Gasteiger partial charge < -0.3 is 4.74 Å². The van der Waals surface area contributed by atoms with Gasteiger partial charge in [-0.2, -0.15) is 0 Å². The Balaban J connectivity index is 2.01. The fraction of sp³-hybridized carbons (Fsp3) is 0.154. The summed E-state index contributed by atoms with van der Waals surface area (Å²) in [5.41, 5.74) is 0. The second-order valence-corrected chi connectivity index (χ2v) is 6.31. The van der Waals surface area contributed by atoms with Gasteiger partial charge in [0, 0.05) is 9.35 Å². The first-order valence-electron chi connectivity index (χ1n) is 5.24. The van der Waals surface area contributed by atoms with Crippen LogP contribution in [-0.4, -0.2) is 12.4 Å². The van der Waals surface area contributed by atoms with E-state index in [1.165, 1.54) is 11.3 Å². The molecule has 94 valence electrons. The zero-order chi connectivity index (χ0) is 13.1. The van der Waals surface area contributed by atoms with Crippen LogP contribution in [-0.2, 0) is 0 Å². The Morgan fingerprint density at radius 3 is 2.78 bits per heavy atom. The average molecular weight is 346 g/mol. The van der Waals surface area contributed by atoms with Gasteiger partial charge in [0.05, 0.1) is 9.90 Å². The fourth-order valence-electron chi connectivity index (χ4n) is 1.39. The molecule has 0 aliphatic heterocycles. The molecule has 0 atom stereocenters. The molecule has 18 heavy (non-hydrogen) atoms. The molecular formula is C13H10BrClO2S. The summed E-state index contributed by atoms with van der Waals surface area (Å²) in [5, 5.41) is 0.486. The number of aryl methyl sites for hydroxylation is 1. The molecule has 0 amide bonds. The molecule has 0 unspecified atom stereocenters. The van der Waals surface area contributed by atoms with E-state index in [2.05, 4.69) is 15.9 Å². The van der Waals surface area contributed by atoms with Crippen molar-refractivity contribution in [3.8, 4) is 5.75 Å². The van der Waals surface area contributed by atoms with Crippen molar-refractivity contribution in [1.29, 1.82) is 0 Å². The van der Waals surface area contributed by atoms with Crippen molar-refractivity contribution in [2.75, 3.05) is 6.61 Å². The fourth-order valence-corrected chi connectivity index (χ4v) is 2.91. The van der Waals surface area contributed by atoms with Gasteiger partial charge in [-0.25, -0.2) is 0 Å². The zero-order valence-corrected chi connectivity index (χ0v) is 12.7. The summed E-state index contributed by atoms with van der Waals surface area (Å²) in [6.07, 6.45) is 0. The van der Waals surface area contributed by atoms with Crippen molar-refractivity contribution in [3.63, 3.8) is 0 Å². The summed E-state index contributed by atoms with van der Waals surface area (Å²) in [5.74, 6) is 0.480. The molecule has 2 nitrogen and oxygen atoms in total. The number of carbonyl (C=O) groups excluding carboxylic acids is 1. The lowest BCUT2D eigenvalue weighted by molar-refractivity contribution is 0.0925. The molecule has 2 aromatic rings. The van der Waals surface area contributed by atoms with Crippen LogP contribution in [0.1, 0.15) is 14.5 Å². The average Bonchev–Trinajstić information content (AvgIpc) is 2.74. The van der Waals surface area contributed by atoms with Crippen LogP contribution in [0.3, 0.4) is 0 Å². The third-order valence-corrected chi connectivity index (χ3v) is 4.10. The van der Waals surface area contributed by atoms with E-state index < -0.39 is 0 Å². The molecule has 5 heteroatoms. The highest BCUT2D eigenvalue weighted by Crippen LogP contribution is 2.28. The van der Waals surface area contributed by atoms with Crippen LogP contribution in [0.15, 0.2) is 34.8 Å². The maximum atomic E-state index is 11.8. The number of thiophene rings is 1. The molecule has 0 aliphatic rings. The van der Waals surface area contributed by atoms with Gasteiger partial charge in [0.2, 0.25) is 5.78 Å². The van der Waals surface area contributed by atoms with Crippen LogP contribution in [0.4, 0.5) is 0 Å². The number of hydrogen-bond acceptors (Lipinski definition) is 3. The third kappa shape index (κ3) is 3.34. The Kier molecular flexibility index (Phi) is 4.43. The van der Waals surface area contributed by atoms with Crippen LogP contribution < -0.4 is 4.74 Å². The maximum Gasteiger partial charge on any atom is 0.210 e. The van der Waals surface area contributed by atoms with E-state index >= 15 is 0 Å². The molecule has 0 radical (unpaired) electrons. The number of ketones is 1. The van der Waals surface area contributed by atoms with Crippen molar-refractivity contribution >= 4 is 44.7 Å². The quantitative estimate of drug-likeness (QED) is 0.749. The lowest BCUT2D eigenvalue weighted by Gasteiger charge is -2.06. The molecule has 0 N–H and O–H groups in total. The lowest BCUT2D eigenvalue weighted by atomic mass is 10.3. The topological polar surface area (TPSA) is 26.3 Å². The van der Waals surface area contributed by atoms with Crippen LogP contribution in [0.25, 0.3) is 0 Å². The van der Waals surface area contributed by atoms with Gasteiger partial charge in [-0.1, -0.05) is 27.5 Å². The number of benzene rings is 1. The smallest absolute Gasteiger partial charge is 0.210 e. The first kappa shape index (κ1) is 13.6. The number of carbonyl (C=O) groups is 1. The van der Waals surface area contributed by atoms with E-state index in [4.69, 9.17) is 16.3 Å². The molecule has 1 aromatic heterocycles. The second-order valence-electron chi connectivity index (χ2n) is 3.70. The van der Waals surface area contributed by atoms with Gasteiger partial charge in [-0.15, -0.1) is 11.3 Å². The van der Waals surface area contributed by atoms with Crippen molar-refractivity contribution in [2.24, 2.45) is 0 Å². The van der Waals surface area contributed by atoms with Crippen LogP contribution >= 0.6 is 38.9 Å². The number of halogens is 2. The van der Waals surface area contributed by atoms with Gasteiger partial charge in [0.1, 0.15) is 5.75 Å². The Labute approximate surface area is 123 Å². The lowest BCUT2D eigenvalue weighted by Crippen LogP contribution is -2.10. The first-order chi connectivity index (χ1) is 8.56. The highest BCUT2D eigenvalue weighted by molar-refractivity contribution is 9.10. The molecule has 0 bridgehead atoms. The molecule has 0 saturated heterocycles. The molecule has 0 aliphatic carbocycles. The van der Waals surface area contributed by atoms with E-state index in [9.17, 15) is 4.79 Å². The largest absolute Gasteiger partial charge is 0.484 e. The summed E-state index contributed by atoms with van der Waals surface area (Å²) in [4.78, 5) is 13.7. The predicted molar refractivity (Wildman–Crippen MR) is 78.0 cm³/mol. The van der Waals surface area contributed by atoms with Crippen LogP contribution in [0.2, 0.25) is 5.02 Å². The van der Waals surface area contributed by atoms with E-state index in [1.54, 1.807) is 12.1 Å². The minimum absolute atomic E-state index is 0.00130. The highest BCUT2D eigenvalue weighted by atomic mass is 79.9. The second kappa shape index (κ2) is 5.87. The standard InChI is InChI=1S/C13H10BrClO2S/c1-8-2-5-13(18-8)11(16)7-17-12-4-3-9(14)6-10(12)15/h2-6H,7H2,1H3. The summed E-state index contributed by atoms with van der Waals surface area (Å²) >= 11 is 10.8. The molecule has 0 spiro atoms. The van der Waals surface area contributed by atoms with Gasteiger partial charge in [-0.3, -0.25) is 4.79 Å². The maximum absolute atomic E-state index is 11.8. The van der Waals surface area contributed by atoms with E-state index in [1.807, 2.05) is 25.1 Å². The summed E-state index contributed by atoms with van der Waals surface area (Å²) in [7, 11) is 0. The van der Waals surface area contributed by atoms with Crippen molar-refractivity contribution < 1.29 is 9.53 Å². The molecule has 0 fully saturated rings. The van der Waals surface area contributed by atoms with Crippen LogP contribution in [0, 0.1) is 6.92 Å². The van der Waals surface area contributed by atoms with Crippen molar-refractivity contribution in [1.82, 2.24) is 0 Å². The van der Waals surface area contributed by atoms with Crippen LogP contribution in [0.5, 0.6) is 5.75 Å². The Morgan fingerprint density at radius 1 is 1.39 bits per heavy atom. The summed E-state index contributed by atoms with van der Waals surface area (Å²) in [6.45, 7) is 1.97. The monoisotopic (exact) mass is 344 g/mol. The molecule has 0 saturated carbocycles. The zero-order valence-electron chi connectivity index (χ0n) is 9.57. The Hall–Kier alpha value is -0.840. The van der Waals surface area contributed by atoms with Gasteiger partial charge >= 0.3 is 0 Å². The molecule has 2 rings (SSSR count). The van der Waals surface area contributed by atoms with E-state index in [-0.39, 0.29) is 12.4 Å². The predicted octanol–water partition coefficient (Wildman–Crippen LogP) is 4.73. The number of rotatable bonds is 4.